The standard InChI is InChI=1S/C8H19NO/c1-4-8(5-2,7-10)6-9-3/h9-10H,4-7H2,1-3H3. The lowest BCUT2D eigenvalue weighted by Crippen LogP contribution is -2.34. The van der Waals surface area contributed by atoms with Gasteiger partial charge in [-0.05, 0) is 19.9 Å². The summed E-state index contributed by atoms with van der Waals surface area (Å²) in [4.78, 5) is 0. The smallest absolute Gasteiger partial charge is 0.0499 e. The average Bonchev–Trinajstić information content (AvgIpc) is 2.01. The van der Waals surface area contributed by atoms with Crippen molar-refractivity contribution in [1.29, 1.82) is 0 Å². The Balaban J connectivity index is 3.87. The summed E-state index contributed by atoms with van der Waals surface area (Å²) in [6.45, 7) is 5.45. The predicted molar refractivity (Wildman–Crippen MR) is 44.0 cm³/mol. The van der Waals surface area contributed by atoms with E-state index in [1.54, 1.807) is 0 Å². The van der Waals surface area contributed by atoms with Gasteiger partial charge >= 0.3 is 0 Å². The molecule has 0 bridgehead atoms. The molecule has 10 heavy (non-hydrogen) atoms. The van der Waals surface area contributed by atoms with Crippen molar-refractivity contribution >= 4 is 0 Å². The second-order valence-corrected chi connectivity index (χ2v) is 2.90. The molecule has 0 radical (unpaired) electrons. The Morgan fingerprint density at radius 1 is 1.30 bits per heavy atom. The molecule has 2 heteroatoms. The van der Waals surface area contributed by atoms with Gasteiger partial charge in [0.15, 0.2) is 0 Å². The molecular formula is C8H19NO. The third kappa shape index (κ3) is 2.27. The van der Waals surface area contributed by atoms with Crippen molar-refractivity contribution < 1.29 is 5.11 Å². The van der Waals surface area contributed by atoms with E-state index in [1.807, 2.05) is 7.05 Å². The molecule has 0 saturated carbocycles. The first-order valence-electron chi connectivity index (χ1n) is 4.00. The normalized spacial score (nSPS) is 12.0. The lowest BCUT2D eigenvalue weighted by Gasteiger charge is -2.28. The second-order valence-electron chi connectivity index (χ2n) is 2.90. The molecule has 0 heterocycles. The van der Waals surface area contributed by atoms with E-state index < -0.39 is 0 Å². The number of hydrogen-bond donors (Lipinski definition) is 2. The zero-order valence-corrected chi connectivity index (χ0v) is 7.28. The number of nitrogens with one attached hydrogen (secondary N) is 1. The Hall–Kier alpha value is -0.0800. The highest BCUT2D eigenvalue weighted by Gasteiger charge is 2.23. The maximum absolute atomic E-state index is 9.07. The Morgan fingerprint density at radius 2 is 1.80 bits per heavy atom. The molecule has 0 amide bonds. The van der Waals surface area contributed by atoms with E-state index in [9.17, 15) is 0 Å². The maximum atomic E-state index is 9.07. The first-order valence-corrected chi connectivity index (χ1v) is 4.00. The number of hydrogen-bond acceptors (Lipinski definition) is 2. The minimum Gasteiger partial charge on any atom is -0.396 e. The van der Waals surface area contributed by atoms with E-state index in [0.29, 0.717) is 6.61 Å². The molecule has 0 aliphatic heterocycles. The summed E-state index contributed by atoms with van der Waals surface area (Å²) in [7, 11) is 1.93. The highest BCUT2D eigenvalue weighted by molar-refractivity contribution is 4.76. The van der Waals surface area contributed by atoms with Crippen LogP contribution in [0.25, 0.3) is 0 Å². The fourth-order valence-electron chi connectivity index (χ4n) is 1.15. The largest absolute Gasteiger partial charge is 0.396 e. The zero-order valence-electron chi connectivity index (χ0n) is 7.28. The second kappa shape index (κ2) is 4.69. The molecule has 0 unspecified atom stereocenters. The van der Waals surface area contributed by atoms with E-state index in [-0.39, 0.29) is 5.41 Å². The van der Waals surface area contributed by atoms with E-state index in [4.69, 9.17) is 5.11 Å². The molecule has 0 aromatic heterocycles. The van der Waals surface area contributed by atoms with Crippen LogP contribution in [-0.4, -0.2) is 25.3 Å². The number of rotatable bonds is 5. The van der Waals surface area contributed by atoms with Crippen molar-refractivity contribution in [2.24, 2.45) is 5.41 Å². The molecule has 0 aliphatic carbocycles. The first-order chi connectivity index (χ1) is 4.74. The fraction of sp³-hybridized carbons (Fsp3) is 1.00. The van der Waals surface area contributed by atoms with Gasteiger partial charge in [-0.15, -0.1) is 0 Å². The van der Waals surface area contributed by atoms with Gasteiger partial charge in [0.1, 0.15) is 0 Å². The van der Waals surface area contributed by atoms with Crippen LogP contribution in [0.4, 0.5) is 0 Å². The lowest BCUT2D eigenvalue weighted by molar-refractivity contribution is 0.115. The summed E-state index contributed by atoms with van der Waals surface area (Å²) < 4.78 is 0. The minimum atomic E-state index is 0.120. The summed E-state index contributed by atoms with van der Waals surface area (Å²) in [6, 6.07) is 0. The Labute approximate surface area is 63.6 Å². The van der Waals surface area contributed by atoms with Gasteiger partial charge in [-0.25, -0.2) is 0 Å². The highest BCUT2D eigenvalue weighted by Crippen LogP contribution is 2.23. The van der Waals surface area contributed by atoms with Gasteiger partial charge in [-0.2, -0.15) is 0 Å². The molecule has 0 atom stereocenters. The summed E-state index contributed by atoms with van der Waals surface area (Å²) >= 11 is 0. The molecule has 0 aromatic rings. The summed E-state index contributed by atoms with van der Waals surface area (Å²) in [5, 5.41) is 12.2. The third-order valence-electron chi connectivity index (χ3n) is 2.39. The summed E-state index contributed by atoms with van der Waals surface area (Å²) in [5.74, 6) is 0. The number of aliphatic hydroxyl groups excluding tert-OH is 1. The molecule has 0 aromatic carbocycles. The van der Waals surface area contributed by atoms with E-state index >= 15 is 0 Å². The molecule has 2 N–H and O–H groups in total. The Bertz CT molecular complexity index is 71.1. The van der Waals surface area contributed by atoms with Gasteiger partial charge in [-0.1, -0.05) is 13.8 Å². The maximum Gasteiger partial charge on any atom is 0.0499 e. The van der Waals surface area contributed by atoms with E-state index in [2.05, 4.69) is 19.2 Å². The fourth-order valence-corrected chi connectivity index (χ4v) is 1.15. The summed E-state index contributed by atoms with van der Waals surface area (Å²) in [6.07, 6.45) is 2.08. The van der Waals surface area contributed by atoms with Gasteiger partial charge in [0.05, 0.1) is 0 Å². The molecule has 0 rings (SSSR count). The van der Waals surface area contributed by atoms with Crippen molar-refractivity contribution in [3.63, 3.8) is 0 Å². The van der Waals surface area contributed by atoms with Crippen LogP contribution in [0.5, 0.6) is 0 Å². The monoisotopic (exact) mass is 145 g/mol. The molecule has 0 spiro atoms. The third-order valence-corrected chi connectivity index (χ3v) is 2.39. The van der Waals surface area contributed by atoms with Gasteiger partial charge in [0.2, 0.25) is 0 Å². The van der Waals surface area contributed by atoms with Crippen LogP contribution in [0, 0.1) is 5.41 Å². The van der Waals surface area contributed by atoms with Crippen LogP contribution in [-0.2, 0) is 0 Å². The summed E-state index contributed by atoms with van der Waals surface area (Å²) in [5.41, 5.74) is 0.120. The number of aliphatic hydroxyl groups is 1. The highest BCUT2D eigenvalue weighted by atomic mass is 16.3. The van der Waals surface area contributed by atoms with Crippen LogP contribution >= 0.6 is 0 Å². The van der Waals surface area contributed by atoms with Gasteiger partial charge in [-0.3, -0.25) is 0 Å². The van der Waals surface area contributed by atoms with Crippen LogP contribution in [0.2, 0.25) is 0 Å². The van der Waals surface area contributed by atoms with Crippen molar-refractivity contribution in [3.05, 3.63) is 0 Å². The van der Waals surface area contributed by atoms with E-state index in [0.717, 1.165) is 19.4 Å². The van der Waals surface area contributed by atoms with Crippen molar-refractivity contribution in [1.82, 2.24) is 5.32 Å². The molecule has 2 nitrogen and oxygen atoms in total. The molecule has 62 valence electrons. The molecule has 0 aliphatic rings. The molecule has 0 fully saturated rings. The molecular weight excluding hydrogens is 126 g/mol. The minimum absolute atomic E-state index is 0.120. The van der Waals surface area contributed by atoms with E-state index in [1.165, 1.54) is 0 Å². The van der Waals surface area contributed by atoms with Crippen molar-refractivity contribution in [2.75, 3.05) is 20.2 Å². The topological polar surface area (TPSA) is 32.3 Å². The quantitative estimate of drug-likeness (QED) is 0.605. The Kier molecular flexibility index (Phi) is 4.65. The first kappa shape index (κ1) is 9.92. The van der Waals surface area contributed by atoms with Crippen LogP contribution < -0.4 is 5.32 Å². The predicted octanol–water partition coefficient (Wildman–Crippen LogP) is 1.00. The van der Waals surface area contributed by atoms with Gasteiger partial charge in [0, 0.05) is 18.6 Å². The Morgan fingerprint density at radius 3 is 1.90 bits per heavy atom. The van der Waals surface area contributed by atoms with Crippen LogP contribution in [0.3, 0.4) is 0 Å². The van der Waals surface area contributed by atoms with Gasteiger partial charge in [0.25, 0.3) is 0 Å². The lowest BCUT2D eigenvalue weighted by atomic mass is 9.83. The van der Waals surface area contributed by atoms with Crippen LogP contribution in [0.15, 0.2) is 0 Å². The van der Waals surface area contributed by atoms with Crippen LogP contribution in [0.1, 0.15) is 26.7 Å². The van der Waals surface area contributed by atoms with Crippen molar-refractivity contribution in [3.8, 4) is 0 Å². The average molecular weight is 145 g/mol. The molecule has 0 saturated heterocycles. The SMILES string of the molecule is CCC(CC)(CO)CNC. The van der Waals surface area contributed by atoms with Crippen molar-refractivity contribution in [2.45, 2.75) is 26.7 Å². The zero-order chi connectivity index (χ0) is 8.04. The van der Waals surface area contributed by atoms with Gasteiger partial charge < -0.3 is 10.4 Å².